The van der Waals surface area contributed by atoms with Crippen molar-refractivity contribution in [2.24, 2.45) is 5.14 Å². The maximum Gasteiger partial charge on any atom is 0.322 e. The van der Waals surface area contributed by atoms with Gasteiger partial charge >= 0.3 is 6.03 Å². The average molecular weight is 469 g/mol. The smallest absolute Gasteiger partial charge is 0.322 e. The molecule has 2 aliphatic rings. The van der Waals surface area contributed by atoms with Crippen LogP contribution in [0.5, 0.6) is 0 Å². The van der Waals surface area contributed by atoms with Crippen molar-refractivity contribution in [3.05, 3.63) is 82.9 Å². The quantitative estimate of drug-likeness (QED) is 0.457. The highest BCUT2D eigenvalue weighted by atomic mass is 32.2. The molecule has 34 heavy (non-hydrogen) atoms. The third kappa shape index (κ3) is 3.96. The van der Waals surface area contributed by atoms with Gasteiger partial charge in [-0.3, -0.25) is 10.0 Å². The van der Waals surface area contributed by atoms with Gasteiger partial charge in [0.05, 0.1) is 11.6 Å². The molecule has 0 atom stereocenters. The van der Waals surface area contributed by atoms with Gasteiger partial charge in [0.25, 0.3) is 0 Å². The van der Waals surface area contributed by atoms with Crippen LogP contribution in [0.2, 0.25) is 0 Å². The standard InChI is InChI=1S/C28H28N4OS/c1-19-22(16-29)5-4-6-24(19)21-9-12-26-25(15-21)28(13-2-3-14-28)18-32(26)27(33)31-17-20-7-10-23(34-30)11-8-20/h4-12,15H,2-3,13-14,17-18,30H2,1H3,(H,31,33). The molecule has 1 heterocycles. The fraction of sp³-hybridized carbons (Fsp3) is 0.286. The molecular weight excluding hydrogens is 440 g/mol. The summed E-state index contributed by atoms with van der Waals surface area (Å²) in [7, 11) is 0. The van der Waals surface area contributed by atoms with Crippen LogP contribution in [0.4, 0.5) is 10.5 Å². The summed E-state index contributed by atoms with van der Waals surface area (Å²) in [6.45, 7) is 3.20. The number of carbonyl (C=O) groups is 1. The number of carbonyl (C=O) groups excluding carboxylic acids is 1. The lowest BCUT2D eigenvalue weighted by molar-refractivity contribution is 0.245. The molecule has 3 N–H and O–H groups in total. The second kappa shape index (κ2) is 9.17. The fourth-order valence-corrected chi connectivity index (χ4v) is 5.82. The van der Waals surface area contributed by atoms with Crippen LogP contribution in [0.15, 0.2) is 65.6 Å². The van der Waals surface area contributed by atoms with E-state index in [9.17, 15) is 10.1 Å². The summed E-state index contributed by atoms with van der Waals surface area (Å²) in [4.78, 5) is 16.2. The Morgan fingerprint density at radius 1 is 1.15 bits per heavy atom. The molecule has 0 bridgehead atoms. The molecular formula is C28H28N4OS. The Bertz CT molecular complexity index is 1270. The predicted octanol–water partition coefficient (Wildman–Crippen LogP) is 6.04. The largest absolute Gasteiger partial charge is 0.334 e. The minimum Gasteiger partial charge on any atom is -0.334 e. The number of urea groups is 1. The van der Waals surface area contributed by atoms with E-state index in [2.05, 4.69) is 35.7 Å². The van der Waals surface area contributed by atoms with Crippen molar-refractivity contribution in [3.63, 3.8) is 0 Å². The van der Waals surface area contributed by atoms with Crippen molar-refractivity contribution >= 4 is 23.7 Å². The molecule has 1 fully saturated rings. The number of nitriles is 1. The predicted molar refractivity (Wildman–Crippen MR) is 138 cm³/mol. The van der Waals surface area contributed by atoms with Crippen LogP contribution in [0.3, 0.4) is 0 Å². The van der Waals surface area contributed by atoms with Crippen LogP contribution in [-0.4, -0.2) is 12.6 Å². The first-order valence-electron chi connectivity index (χ1n) is 11.7. The van der Waals surface area contributed by atoms with Gasteiger partial charge in [-0.25, -0.2) is 4.79 Å². The van der Waals surface area contributed by atoms with Gasteiger partial charge in [0.2, 0.25) is 0 Å². The van der Waals surface area contributed by atoms with E-state index in [-0.39, 0.29) is 11.4 Å². The summed E-state index contributed by atoms with van der Waals surface area (Å²) >= 11 is 1.22. The number of rotatable bonds is 4. The summed E-state index contributed by atoms with van der Waals surface area (Å²) in [6, 6.07) is 22.5. The molecule has 0 saturated heterocycles. The van der Waals surface area contributed by atoms with Crippen LogP contribution in [-0.2, 0) is 12.0 Å². The minimum absolute atomic E-state index is 0.0173. The molecule has 6 heteroatoms. The molecule has 0 unspecified atom stereocenters. The lowest BCUT2D eigenvalue weighted by atomic mass is 9.79. The summed E-state index contributed by atoms with van der Waals surface area (Å²) in [6.07, 6.45) is 4.58. The number of anilines is 1. The van der Waals surface area contributed by atoms with Gasteiger partial charge in [0.1, 0.15) is 0 Å². The van der Waals surface area contributed by atoms with E-state index in [1.807, 2.05) is 48.2 Å². The second-order valence-electron chi connectivity index (χ2n) is 9.32. The highest BCUT2D eigenvalue weighted by Crippen LogP contribution is 2.51. The molecule has 1 spiro atoms. The van der Waals surface area contributed by atoms with Gasteiger partial charge in [-0.2, -0.15) is 5.26 Å². The van der Waals surface area contributed by atoms with E-state index in [4.69, 9.17) is 5.14 Å². The first-order valence-corrected chi connectivity index (χ1v) is 12.6. The number of benzene rings is 3. The highest BCUT2D eigenvalue weighted by molar-refractivity contribution is 7.97. The molecule has 3 aromatic rings. The molecule has 2 amide bonds. The molecule has 5 nitrogen and oxygen atoms in total. The Kier molecular flexibility index (Phi) is 6.07. The zero-order valence-corrected chi connectivity index (χ0v) is 20.1. The number of nitrogens with zero attached hydrogens (tertiary/aromatic N) is 2. The van der Waals surface area contributed by atoms with Gasteiger partial charge < -0.3 is 5.32 Å². The Labute approximate surface area is 205 Å². The van der Waals surface area contributed by atoms with E-state index >= 15 is 0 Å². The van der Waals surface area contributed by atoms with Gasteiger partial charge in [-0.1, -0.05) is 43.2 Å². The van der Waals surface area contributed by atoms with Gasteiger partial charge in [-0.05, 0) is 89.9 Å². The van der Waals surface area contributed by atoms with E-state index in [1.54, 1.807) is 0 Å². The molecule has 3 aromatic carbocycles. The van der Waals surface area contributed by atoms with Crippen molar-refractivity contribution in [2.75, 3.05) is 11.4 Å². The number of amides is 2. The molecule has 0 radical (unpaired) electrons. The second-order valence-corrected chi connectivity index (χ2v) is 10.0. The first kappa shape index (κ1) is 22.5. The van der Waals surface area contributed by atoms with Crippen molar-refractivity contribution in [3.8, 4) is 17.2 Å². The van der Waals surface area contributed by atoms with Crippen LogP contribution in [0.25, 0.3) is 11.1 Å². The van der Waals surface area contributed by atoms with Crippen molar-refractivity contribution in [1.29, 1.82) is 5.26 Å². The number of hydrogen-bond donors (Lipinski definition) is 2. The zero-order valence-electron chi connectivity index (χ0n) is 19.3. The topological polar surface area (TPSA) is 82.2 Å². The third-order valence-electron chi connectivity index (χ3n) is 7.39. The highest BCUT2D eigenvalue weighted by Gasteiger charge is 2.46. The zero-order chi connectivity index (χ0) is 23.7. The number of nitrogens with one attached hydrogen (secondary N) is 1. The van der Waals surface area contributed by atoms with E-state index in [0.717, 1.165) is 52.2 Å². The Morgan fingerprint density at radius 2 is 1.91 bits per heavy atom. The third-order valence-corrected chi connectivity index (χ3v) is 7.94. The number of hydrogen-bond acceptors (Lipinski definition) is 4. The first-order chi connectivity index (χ1) is 16.5. The van der Waals surface area contributed by atoms with Gasteiger partial charge in [0, 0.05) is 29.1 Å². The molecule has 172 valence electrons. The summed E-state index contributed by atoms with van der Waals surface area (Å²) < 4.78 is 0. The minimum atomic E-state index is -0.0577. The normalized spacial score (nSPS) is 15.9. The van der Waals surface area contributed by atoms with Crippen LogP contribution in [0.1, 0.15) is 47.9 Å². The van der Waals surface area contributed by atoms with Crippen LogP contribution in [0, 0.1) is 18.3 Å². The molecule has 1 aliphatic heterocycles. The maximum absolute atomic E-state index is 13.3. The number of nitrogens with two attached hydrogens (primary N) is 1. The summed E-state index contributed by atoms with van der Waals surface area (Å²) in [5.74, 6) is 0. The Morgan fingerprint density at radius 3 is 2.62 bits per heavy atom. The average Bonchev–Trinajstić information content (AvgIpc) is 3.48. The lowest BCUT2D eigenvalue weighted by Crippen LogP contribution is -2.41. The van der Waals surface area contributed by atoms with Crippen molar-refractivity contribution < 1.29 is 4.79 Å². The Hall–Kier alpha value is -3.27. The van der Waals surface area contributed by atoms with Crippen LogP contribution < -0.4 is 15.4 Å². The van der Waals surface area contributed by atoms with Gasteiger partial charge in [-0.15, -0.1) is 0 Å². The molecule has 1 aliphatic carbocycles. The van der Waals surface area contributed by atoms with E-state index in [0.29, 0.717) is 12.1 Å². The van der Waals surface area contributed by atoms with E-state index in [1.165, 1.54) is 30.4 Å². The van der Waals surface area contributed by atoms with E-state index < -0.39 is 0 Å². The Balaban J connectivity index is 1.44. The molecule has 1 saturated carbocycles. The fourth-order valence-electron chi connectivity index (χ4n) is 5.53. The lowest BCUT2D eigenvalue weighted by Gasteiger charge is -2.25. The maximum atomic E-state index is 13.3. The molecule has 5 rings (SSSR count). The summed E-state index contributed by atoms with van der Waals surface area (Å²) in [5.41, 5.74) is 7.23. The monoisotopic (exact) mass is 468 g/mol. The molecule has 0 aromatic heterocycles. The SMILES string of the molecule is Cc1c(C#N)cccc1-c1ccc2c(c1)C1(CCCC1)CN2C(=O)NCc1ccc(SN)cc1. The number of fused-ring (bicyclic) bond motifs is 2. The summed E-state index contributed by atoms with van der Waals surface area (Å²) in [5, 5.41) is 18.2. The van der Waals surface area contributed by atoms with Crippen molar-refractivity contribution in [2.45, 2.75) is 49.5 Å². The van der Waals surface area contributed by atoms with Crippen molar-refractivity contribution in [1.82, 2.24) is 5.32 Å². The van der Waals surface area contributed by atoms with Crippen LogP contribution >= 0.6 is 11.9 Å². The van der Waals surface area contributed by atoms with Gasteiger partial charge in [0.15, 0.2) is 0 Å².